The molecule has 0 atom stereocenters. The van der Waals surface area contributed by atoms with Crippen molar-refractivity contribution in [1.29, 1.82) is 0 Å². The highest BCUT2D eigenvalue weighted by Crippen LogP contribution is 2.25. The van der Waals surface area contributed by atoms with Crippen LogP contribution in [0.2, 0.25) is 0 Å². The molecule has 2 aromatic carbocycles. The largest absolute Gasteiger partial charge is 0.446 e. The van der Waals surface area contributed by atoms with E-state index < -0.39 is 6.09 Å². The lowest BCUT2D eigenvalue weighted by Gasteiger charge is -2.12. The maximum Gasteiger partial charge on any atom is 0.411 e. The molecule has 0 radical (unpaired) electrons. The Bertz CT molecular complexity index is 742. The predicted octanol–water partition coefficient (Wildman–Crippen LogP) is 4.35. The SMILES string of the molecule is Cc1ccc(NC(=O)OC2CC2)cc1NC(=O)Nc1ccccc1. The zero-order valence-corrected chi connectivity index (χ0v) is 13.3. The number of benzene rings is 2. The number of carbonyl (C=O) groups excluding carboxylic acids is 2. The summed E-state index contributed by atoms with van der Waals surface area (Å²) in [5.41, 5.74) is 2.78. The first-order valence-electron chi connectivity index (χ1n) is 7.81. The van der Waals surface area contributed by atoms with Gasteiger partial charge >= 0.3 is 12.1 Å². The molecule has 6 nitrogen and oxygen atoms in total. The van der Waals surface area contributed by atoms with Gasteiger partial charge in [-0.3, -0.25) is 5.32 Å². The third-order valence-corrected chi connectivity index (χ3v) is 3.56. The van der Waals surface area contributed by atoms with E-state index in [2.05, 4.69) is 16.0 Å². The summed E-state index contributed by atoms with van der Waals surface area (Å²) >= 11 is 0. The van der Waals surface area contributed by atoms with Gasteiger partial charge < -0.3 is 15.4 Å². The van der Waals surface area contributed by atoms with Crippen LogP contribution in [0.15, 0.2) is 48.5 Å². The van der Waals surface area contributed by atoms with Gasteiger partial charge in [-0.25, -0.2) is 9.59 Å². The van der Waals surface area contributed by atoms with Gasteiger partial charge in [0.05, 0.1) is 0 Å². The molecule has 0 heterocycles. The topological polar surface area (TPSA) is 79.5 Å². The summed E-state index contributed by atoms with van der Waals surface area (Å²) in [5.74, 6) is 0. The number of carbonyl (C=O) groups is 2. The number of para-hydroxylation sites is 1. The molecule has 0 aromatic heterocycles. The minimum Gasteiger partial charge on any atom is -0.446 e. The molecule has 0 unspecified atom stereocenters. The Hall–Kier alpha value is -3.02. The smallest absolute Gasteiger partial charge is 0.411 e. The number of anilines is 3. The fraction of sp³-hybridized carbons (Fsp3) is 0.222. The molecule has 1 saturated carbocycles. The van der Waals surface area contributed by atoms with E-state index in [1.165, 1.54) is 0 Å². The molecule has 1 aliphatic rings. The molecule has 6 heteroatoms. The Morgan fingerprint density at radius 3 is 2.42 bits per heavy atom. The van der Waals surface area contributed by atoms with E-state index in [0.29, 0.717) is 17.1 Å². The van der Waals surface area contributed by atoms with Gasteiger partial charge in [-0.15, -0.1) is 0 Å². The average Bonchev–Trinajstić information content (AvgIpc) is 3.35. The second kappa shape index (κ2) is 7.04. The maximum absolute atomic E-state index is 12.1. The number of hydrogen-bond acceptors (Lipinski definition) is 3. The van der Waals surface area contributed by atoms with E-state index >= 15 is 0 Å². The molecule has 0 spiro atoms. The van der Waals surface area contributed by atoms with Crippen molar-refractivity contribution in [2.24, 2.45) is 0 Å². The van der Waals surface area contributed by atoms with E-state index in [0.717, 1.165) is 18.4 Å². The first-order chi connectivity index (χ1) is 11.6. The van der Waals surface area contributed by atoms with Crippen LogP contribution in [0, 0.1) is 6.92 Å². The zero-order valence-electron chi connectivity index (χ0n) is 13.3. The average molecular weight is 325 g/mol. The Morgan fingerprint density at radius 2 is 1.71 bits per heavy atom. The van der Waals surface area contributed by atoms with Gasteiger partial charge in [-0.05, 0) is 49.6 Å². The molecule has 3 amide bonds. The molecule has 24 heavy (non-hydrogen) atoms. The molecule has 124 valence electrons. The van der Waals surface area contributed by atoms with Crippen molar-refractivity contribution in [2.75, 3.05) is 16.0 Å². The fourth-order valence-electron chi connectivity index (χ4n) is 2.13. The van der Waals surface area contributed by atoms with E-state index in [1.807, 2.05) is 31.2 Å². The summed E-state index contributed by atoms with van der Waals surface area (Å²) in [6.07, 6.45) is 1.42. The lowest BCUT2D eigenvalue weighted by molar-refractivity contribution is 0.154. The van der Waals surface area contributed by atoms with Crippen LogP contribution in [0.3, 0.4) is 0 Å². The third kappa shape index (κ3) is 4.49. The van der Waals surface area contributed by atoms with E-state index in [4.69, 9.17) is 4.74 Å². The van der Waals surface area contributed by atoms with Crippen molar-refractivity contribution in [3.8, 4) is 0 Å². The number of rotatable bonds is 4. The molecule has 1 fully saturated rings. The van der Waals surface area contributed by atoms with Crippen LogP contribution in [0.1, 0.15) is 18.4 Å². The number of ether oxygens (including phenoxy) is 1. The molecule has 3 N–H and O–H groups in total. The van der Waals surface area contributed by atoms with Gasteiger partial charge in [-0.2, -0.15) is 0 Å². The monoisotopic (exact) mass is 325 g/mol. The second-order valence-electron chi connectivity index (χ2n) is 5.70. The van der Waals surface area contributed by atoms with Crippen molar-refractivity contribution < 1.29 is 14.3 Å². The lowest BCUT2D eigenvalue weighted by Crippen LogP contribution is -2.20. The summed E-state index contributed by atoms with van der Waals surface area (Å²) < 4.78 is 5.15. The van der Waals surface area contributed by atoms with Gasteiger partial charge in [-0.1, -0.05) is 24.3 Å². The second-order valence-corrected chi connectivity index (χ2v) is 5.70. The molecule has 2 aromatic rings. The van der Waals surface area contributed by atoms with Gasteiger partial charge in [0.25, 0.3) is 0 Å². The van der Waals surface area contributed by atoms with Gasteiger partial charge in [0.2, 0.25) is 0 Å². The van der Waals surface area contributed by atoms with Crippen molar-refractivity contribution in [2.45, 2.75) is 25.9 Å². The predicted molar refractivity (Wildman–Crippen MR) is 93.4 cm³/mol. The van der Waals surface area contributed by atoms with Crippen molar-refractivity contribution in [1.82, 2.24) is 0 Å². The van der Waals surface area contributed by atoms with Crippen LogP contribution in [-0.4, -0.2) is 18.2 Å². The summed E-state index contributed by atoms with van der Waals surface area (Å²) in [6.45, 7) is 1.88. The zero-order chi connectivity index (χ0) is 16.9. The highest BCUT2D eigenvalue weighted by atomic mass is 16.6. The normalized spacial score (nSPS) is 13.0. The van der Waals surface area contributed by atoms with Crippen LogP contribution >= 0.6 is 0 Å². The molecule has 3 rings (SSSR count). The Morgan fingerprint density at radius 1 is 0.958 bits per heavy atom. The van der Waals surface area contributed by atoms with Crippen LogP contribution in [0.25, 0.3) is 0 Å². The van der Waals surface area contributed by atoms with Crippen molar-refractivity contribution in [3.05, 3.63) is 54.1 Å². The third-order valence-electron chi connectivity index (χ3n) is 3.56. The van der Waals surface area contributed by atoms with Crippen LogP contribution in [0.5, 0.6) is 0 Å². The Labute approximate surface area is 140 Å². The van der Waals surface area contributed by atoms with Crippen molar-refractivity contribution in [3.63, 3.8) is 0 Å². The fourth-order valence-corrected chi connectivity index (χ4v) is 2.13. The summed E-state index contributed by atoms with van der Waals surface area (Å²) in [6, 6.07) is 14.1. The van der Waals surface area contributed by atoms with Gasteiger partial charge in [0.15, 0.2) is 0 Å². The number of urea groups is 1. The maximum atomic E-state index is 12.1. The van der Waals surface area contributed by atoms with Crippen molar-refractivity contribution >= 4 is 29.2 Å². The number of hydrogen-bond donors (Lipinski definition) is 3. The summed E-state index contributed by atoms with van der Waals surface area (Å²) in [7, 11) is 0. The number of nitrogens with one attached hydrogen (secondary N) is 3. The quantitative estimate of drug-likeness (QED) is 0.782. The van der Waals surface area contributed by atoms with Crippen LogP contribution in [0.4, 0.5) is 26.7 Å². The summed E-state index contributed by atoms with van der Waals surface area (Å²) in [4.78, 5) is 23.8. The van der Waals surface area contributed by atoms with Gasteiger partial charge in [0.1, 0.15) is 6.10 Å². The highest BCUT2D eigenvalue weighted by Gasteiger charge is 2.26. The summed E-state index contributed by atoms with van der Waals surface area (Å²) in [5, 5.41) is 8.20. The van der Waals surface area contributed by atoms with Crippen LogP contribution in [-0.2, 0) is 4.74 Å². The Balaban J connectivity index is 1.62. The lowest BCUT2D eigenvalue weighted by atomic mass is 10.2. The Kier molecular flexibility index (Phi) is 4.65. The highest BCUT2D eigenvalue weighted by molar-refractivity contribution is 6.00. The minimum absolute atomic E-state index is 0.0460. The van der Waals surface area contributed by atoms with Crippen LogP contribution < -0.4 is 16.0 Å². The molecule has 1 aliphatic carbocycles. The molecule has 0 bridgehead atoms. The van der Waals surface area contributed by atoms with E-state index in [1.54, 1.807) is 24.3 Å². The van der Waals surface area contributed by atoms with E-state index in [-0.39, 0.29) is 12.1 Å². The minimum atomic E-state index is -0.471. The number of amides is 3. The molecule has 0 aliphatic heterocycles. The number of aryl methyl sites for hydroxylation is 1. The molecular formula is C18H19N3O3. The van der Waals surface area contributed by atoms with Gasteiger partial charge in [0, 0.05) is 17.1 Å². The first kappa shape index (κ1) is 15.9. The van der Waals surface area contributed by atoms with E-state index in [9.17, 15) is 9.59 Å². The molecule has 0 saturated heterocycles. The molecular weight excluding hydrogens is 306 g/mol. The first-order valence-corrected chi connectivity index (χ1v) is 7.81. The standard InChI is InChI=1S/C18H19N3O3/c1-12-7-8-14(20-18(23)24-15-9-10-15)11-16(12)21-17(22)19-13-5-3-2-4-6-13/h2-8,11,15H,9-10H2,1H3,(H,20,23)(H2,19,21,22).